The molecule has 1 saturated heterocycles. The van der Waals surface area contributed by atoms with Gasteiger partial charge in [-0.15, -0.1) is 0 Å². The second-order valence-electron chi connectivity index (χ2n) is 6.87. The summed E-state index contributed by atoms with van der Waals surface area (Å²) >= 11 is 0. The molecule has 1 aliphatic heterocycles. The van der Waals surface area contributed by atoms with Crippen molar-refractivity contribution in [2.45, 2.75) is 24.5 Å². The average molecular weight is 465 g/mol. The number of carbonyl (C=O) groups excluding carboxylic acids is 1. The van der Waals surface area contributed by atoms with Crippen LogP contribution in [-0.2, 0) is 18.3 Å². The van der Waals surface area contributed by atoms with Crippen molar-refractivity contribution >= 4 is 36.5 Å². The molecule has 0 bridgehead atoms. The number of hydrogen-bond donors (Lipinski definition) is 4. The molecular weight excluding hydrogens is 447 g/mol. The number of nitrogen functional groups attached to an aromatic ring is 2. The molecule has 15 heteroatoms. The SMILES string of the molecule is Nc1ccc(C(=O)OP(=O)([O-])OC[C@H]2O[C@@H](n3cnc4c(N)ncnc43)[C@H](O)[C@@H]2O)cc1. The lowest BCUT2D eigenvalue weighted by Crippen LogP contribution is -2.34. The van der Waals surface area contributed by atoms with E-state index in [1.165, 1.54) is 41.5 Å². The van der Waals surface area contributed by atoms with E-state index in [0.29, 0.717) is 5.69 Å². The molecule has 5 atom stereocenters. The molecule has 1 unspecified atom stereocenters. The number of nitrogens with two attached hydrogens (primary N) is 2. The van der Waals surface area contributed by atoms with Crippen molar-refractivity contribution in [2.75, 3.05) is 18.1 Å². The second kappa shape index (κ2) is 8.43. The number of hydrogen-bond acceptors (Lipinski definition) is 13. The van der Waals surface area contributed by atoms with Gasteiger partial charge in [-0.2, -0.15) is 0 Å². The number of phosphoric ester groups is 1. The molecule has 3 aromatic rings. The van der Waals surface area contributed by atoms with Crippen molar-refractivity contribution < 1.29 is 38.3 Å². The highest BCUT2D eigenvalue weighted by Crippen LogP contribution is 2.41. The molecule has 0 saturated carbocycles. The normalized spacial score (nSPS) is 25.0. The van der Waals surface area contributed by atoms with Crippen LogP contribution in [-0.4, -0.2) is 60.6 Å². The van der Waals surface area contributed by atoms with Crippen molar-refractivity contribution in [1.82, 2.24) is 19.5 Å². The van der Waals surface area contributed by atoms with E-state index in [0.717, 1.165) is 0 Å². The van der Waals surface area contributed by atoms with Crippen LogP contribution in [0.25, 0.3) is 11.2 Å². The summed E-state index contributed by atoms with van der Waals surface area (Å²) in [6.45, 7) is -0.728. The summed E-state index contributed by atoms with van der Waals surface area (Å²) in [6, 6.07) is 5.37. The summed E-state index contributed by atoms with van der Waals surface area (Å²) in [4.78, 5) is 35.9. The number of anilines is 2. The number of rotatable bonds is 6. The van der Waals surface area contributed by atoms with Crippen LogP contribution in [0, 0.1) is 0 Å². The number of benzene rings is 1. The molecule has 1 aromatic carbocycles. The van der Waals surface area contributed by atoms with Crippen molar-refractivity contribution in [3.05, 3.63) is 42.5 Å². The Balaban J connectivity index is 1.42. The van der Waals surface area contributed by atoms with Gasteiger partial charge in [-0.05, 0) is 24.3 Å². The van der Waals surface area contributed by atoms with Crippen LogP contribution in [0.1, 0.15) is 16.6 Å². The Labute approximate surface area is 180 Å². The summed E-state index contributed by atoms with van der Waals surface area (Å²) in [5.41, 5.74) is 12.1. The minimum absolute atomic E-state index is 0.0558. The molecule has 2 aromatic heterocycles. The van der Waals surface area contributed by atoms with Crippen LogP contribution in [0.2, 0.25) is 0 Å². The van der Waals surface area contributed by atoms with Gasteiger partial charge in [-0.1, -0.05) is 0 Å². The predicted molar refractivity (Wildman–Crippen MR) is 105 cm³/mol. The largest absolute Gasteiger partial charge is 0.746 e. The van der Waals surface area contributed by atoms with E-state index in [4.69, 9.17) is 16.2 Å². The van der Waals surface area contributed by atoms with E-state index in [1.807, 2.05) is 0 Å². The lowest BCUT2D eigenvalue weighted by Gasteiger charge is -2.24. The molecule has 1 fully saturated rings. The van der Waals surface area contributed by atoms with E-state index < -0.39 is 44.9 Å². The zero-order valence-electron chi connectivity index (χ0n) is 16.2. The molecule has 0 aliphatic carbocycles. The summed E-state index contributed by atoms with van der Waals surface area (Å²) in [5, 5.41) is 20.7. The van der Waals surface area contributed by atoms with Crippen LogP contribution in [0.4, 0.5) is 11.5 Å². The molecule has 0 radical (unpaired) electrons. The second-order valence-corrected chi connectivity index (χ2v) is 8.21. The first-order chi connectivity index (χ1) is 15.2. The maximum atomic E-state index is 12.0. The van der Waals surface area contributed by atoms with E-state index in [2.05, 4.69) is 24.0 Å². The molecule has 6 N–H and O–H groups in total. The summed E-state index contributed by atoms with van der Waals surface area (Å²) in [6.07, 6.45) is -2.96. The van der Waals surface area contributed by atoms with Crippen molar-refractivity contribution in [3.8, 4) is 0 Å². The zero-order valence-corrected chi connectivity index (χ0v) is 17.1. The number of phosphoric acid groups is 1. The molecule has 170 valence electrons. The van der Waals surface area contributed by atoms with Crippen LogP contribution >= 0.6 is 7.82 Å². The lowest BCUT2D eigenvalue weighted by atomic mass is 10.1. The van der Waals surface area contributed by atoms with Gasteiger partial charge in [0, 0.05) is 5.69 Å². The highest BCUT2D eigenvalue weighted by Gasteiger charge is 2.45. The maximum Gasteiger partial charge on any atom is 0.343 e. The fourth-order valence-electron chi connectivity index (χ4n) is 3.12. The van der Waals surface area contributed by atoms with Crippen LogP contribution < -0.4 is 16.4 Å². The van der Waals surface area contributed by atoms with Gasteiger partial charge in [0.2, 0.25) is 0 Å². The highest BCUT2D eigenvalue weighted by atomic mass is 31.2. The first-order valence-corrected chi connectivity index (χ1v) is 10.6. The van der Waals surface area contributed by atoms with E-state index in [-0.39, 0.29) is 22.5 Å². The molecule has 1 aliphatic rings. The third-order valence-electron chi connectivity index (χ3n) is 4.74. The van der Waals surface area contributed by atoms with Crippen LogP contribution in [0.3, 0.4) is 0 Å². The molecule has 0 amide bonds. The minimum atomic E-state index is -5.11. The van der Waals surface area contributed by atoms with Gasteiger partial charge in [0.25, 0.3) is 0 Å². The number of imidazole rings is 1. The van der Waals surface area contributed by atoms with Gasteiger partial charge in [0.15, 0.2) is 17.7 Å². The minimum Gasteiger partial charge on any atom is -0.746 e. The Hall–Kier alpha value is -3.13. The molecule has 4 rings (SSSR count). The quantitative estimate of drug-likeness (QED) is 0.252. The smallest absolute Gasteiger partial charge is 0.343 e. The summed E-state index contributed by atoms with van der Waals surface area (Å²) in [7, 11) is -5.11. The van der Waals surface area contributed by atoms with Crippen molar-refractivity contribution in [1.29, 1.82) is 0 Å². The summed E-state index contributed by atoms with van der Waals surface area (Å²) in [5.74, 6) is -1.06. The van der Waals surface area contributed by atoms with E-state index in [1.54, 1.807) is 0 Å². The number of aliphatic hydroxyl groups is 2. The zero-order chi connectivity index (χ0) is 23.0. The van der Waals surface area contributed by atoms with Gasteiger partial charge in [-0.25, -0.2) is 19.7 Å². The number of aliphatic hydroxyl groups excluding tert-OH is 2. The van der Waals surface area contributed by atoms with Gasteiger partial charge in [-0.3, -0.25) is 9.13 Å². The number of fused-ring (bicyclic) bond motifs is 1. The van der Waals surface area contributed by atoms with E-state index >= 15 is 0 Å². The Bertz CT molecular complexity index is 1190. The van der Waals surface area contributed by atoms with Crippen molar-refractivity contribution in [2.24, 2.45) is 0 Å². The number of aromatic nitrogens is 4. The van der Waals surface area contributed by atoms with Gasteiger partial charge >= 0.3 is 13.8 Å². The Morgan fingerprint density at radius 3 is 2.62 bits per heavy atom. The predicted octanol–water partition coefficient (Wildman–Crippen LogP) is -1.05. The van der Waals surface area contributed by atoms with Crippen molar-refractivity contribution in [3.63, 3.8) is 0 Å². The molecule has 3 heterocycles. The fraction of sp³-hybridized carbons (Fsp3) is 0.294. The highest BCUT2D eigenvalue weighted by molar-refractivity contribution is 7.46. The number of carbonyl (C=O) groups is 1. The monoisotopic (exact) mass is 465 g/mol. The third-order valence-corrected chi connectivity index (χ3v) is 5.59. The van der Waals surface area contributed by atoms with Crippen LogP contribution in [0.5, 0.6) is 0 Å². The molecule has 32 heavy (non-hydrogen) atoms. The third kappa shape index (κ3) is 4.27. The first-order valence-electron chi connectivity index (χ1n) is 9.16. The average Bonchev–Trinajstić information content (AvgIpc) is 3.29. The Morgan fingerprint density at radius 2 is 1.91 bits per heavy atom. The summed E-state index contributed by atoms with van der Waals surface area (Å²) < 4.78 is 28.0. The topological polar surface area (TPSA) is 221 Å². The lowest BCUT2D eigenvalue weighted by molar-refractivity contribution is -0.222. The number of ether oxygens (including phenoxy) is 1. The molecule has 14 nitrogen and oxygen atoms in total. The molecular formula is C17H18N6O8P-. The standard InChI is InChI=1S/C17H19N6O8P/c18-9-3-1-8(2-4-9)17(26)31-32(27,28)29-5-10-12(24)13(25)16(30-10)23-7-22-11-14(19)20-6-21-15(11)23/h1-4,6-7,10,12-13,16,24-25H,5,18H2,(H,27,28)(H2,19,20,21)/p-1/t10-,12-,13-,16-/m1/s1. The Kier molecular flexibility index (Phi) is 5.81. The van der Waals surface area contributed by atoms with E-state index in [9.17, 15) is 24.5 Å². The van der Waals surface area contributed by atoms with Gasteiger partial charge in [0.05, 0.1) is 18.5 Å². The first kappa shape index (κ1) is 22.1. The van der Waals surface area contributed by atoms with Gasteiger partial charge < -0.3 is 40.4 Å². The fourth-order valence-corrected chi connectivity index (χ4v) is 3.81. The Morgan fingerprint density at radius 1 is 1.19 bits per heavy atom. The van der Waals surface area contributed by atoms with Crippen LogP contribution in [0.15, 0.2) is 36.9 Å². The van der Waals surface area contributed by atoms with Gasteiger partial charge in [0.1, 0.15) is 30.2 Å². The maximum absolute atomic E-state index is 12.0. The number of nitrogens with zero attached hydrogens (tertiary/aromatic N) is 4. The molecule has 0 spiro atoms.